The lowest BCUT2D eigenvalue weighted by Crippen LogP contribution is -2.69. The number of likely N-dealkylation sites (N-methyl/N-ethyl adjacent to an activating group) is 1. The fraction of sp³-hybridized carbons (Fsp3) is 0.409. The predicted molar refractivity (Wildman–Crippen MR) is 220 cm³/mol. The standard InChI is InChI=1S/C44H48F2N10O3/c1-27-7-8-28(15-33(27)43(41(59)49-3)17-30(18-43)23-57)21-53-14-12-42(44(45,46)26-53)24-54(25-42)22-29-9-10-34(50-19-29)31-5-4-6-36-32(31)11-13-55(36)38-16-35(48-2)40-51-20-37(39(47)58)56(40)52-38/h4-10,15-16,19-20,23,30,48H,11-14,17-18,21-22,24-26H2,1-3H3,(H2,47,58)(H,49,59). The summed E-state index contributed by atoms with van der Waals surface area (Å²) in [5.74, 6) is -3.08. The summed E-state index contributed by atoms with van der Waals surface area (Å²) >= 11 is 0. The van der Waals surface area contributed by atoms with Crippen LogP contribution in [0.25, 0.3) is 16.9 Å². The number of fused-ring (bicyclic) bond motifs is 2. The van der Waals surface area contributed by atoms with E-state index in [1.807, 2.05) is 60.5 Å². The number of nitrogens with one attached hydrogen (secondary N) is 2. The first kappa shape index (κ1) is 38.7. The highest BCUT2D eigenvalue weighted by molar-refractivity contribution is 5.93. The van der Waals surface area contributed by atoms with E-state index in [1.165, 1.54) is 10.7 Å². The molecule has 4 N–H and O–H groups in total. The molecule has 5 aromatic rings. The van der Waals surface area contributed by atoms with E-state index in [0.29, 0.717) is 70.0 Å². The van der Waals surface area contributed by atoms with Gasteiger partial charge in [0.2, 0.25) is 5.91 Å². The lowest BCUT2D eigenvalue weighted by Gasteiger charge is -2.57. The zero-order valence-corrected chi connectivity index (χ0v) is 33.5. The molecule has 3 aliphatic heterocycles. The molecule has 0 radical (unpaired) electrons. The second-order valence-corrected chi connectivity index (χ2v) is 16.9. The number of alkyl halides is 2. The van der Waals surface area contributed by atoms with Gasteiger partial charge in [0.15, 0.2) is 11.5 Å². The van der Waals surface area contributed by atoms with E-state index >= 15 is 8.78 Å². The van der Waals surface area contributed by atoms with Gasteiger partial charge in [-0.1, -0.05) is 36.4 Å². The van der Waals surface area contributed by atoms with Crippen molar-refractivity contribution in [3.63, 3.8) is 0 Å². The Morgan fingerprint density at radius 1 is 0.949 bits per heavy atom. The van der Waals surface area contributed by atoms with Gasteiger partial charge in [-0.15, -0.1) is 5.10 Å². The van der Waals surface area contributed by atoms with Crippen molar-refractivity contribution in [1.82, 2.24) is 34.7 Å². The molecule has 6 heterocycles. The number of halogens is 2. The Balaban J connectivity index is 0.840. The largest absolute Gasteiger partial charge is 0.385 e. The number of likely N-dealkylation sites (tertiary alicyclic amines) is 2. The third-order valence-electron chi connectivity index (χ3n) is 13.2. The number of carbonyl (C=O) groups is 3. The molecule has 59 heavy (non-hydrogen) atoms. The number of rotatable bonds is 11. The first-order valence-corrected chi connectivity index (χ1v) is 20.2. The van der Waals surface area contributed by atoms with Crippen molar-refractivity contribution >= 4 is 40.9 Å². The van der Waals surface area contributed by atoms with E-state index < -0.39 is 22.7 Å². The van der Waals surface area contributed by atoms with Crippen molar-refractivity contribution in [3.8, 4) is 11.3 Å². The van der Waals surface area contributed by atoms with Gasteiger partial charge in [-0.3, -0.25) is 24.4 Å². The van der Waals surface area contributed by atoms with E-state index in [4.69, 9.17) is 15.8 Å². The molecule has 2 saturated heterocycles. The smallest absolute Gasteiger partial charge is 0.269 e. The highest BCUT2D eigenvalue weighted by Crippen LogP contribution is 2.52. The van der Waals surface area contributed by atoms with Crippen molar-refractivity contribution in [2.24, 2.45) is 17.1 Å². The molecule has 3 aromatic heterocycles. The Bertz CT molecular complexity index is 2470. The predicted octanol–water partition coefficient (Wildman–Crippen LogP) is 4.87. The third kappa shape index (κ3) is 6.41. The van der Waals surface area contributed by atoms with Crippen LogP contribution in [0.5, 0.6) is 0 Å². The van der Waals surface area contributed by atoms with Gasteiger partial charge in [-0.2, -0.15) is 0 Å². The molecule has 1 spiro atoms. The number of anilines is 3. The number of piperidine rings is 1. The third-order valence-corrected chi connectivity index (χ3v) is 13.2. The quantitative estimate of drug-likeness (QED) is 0.158. The molecule has 2 aromatic carbocycles. The molecule has 0 unspecified atom stereocenters. The number of imidazole rings is 1. The second-order valence-electron chi connectivity index (χ2n) is 16.9. The minimum absolute atomic E-state index is 0.110. The van der Waals surface area contributed by atoms with Crippen LogP contribution in [0.2, 0.25) is 0 Å². The van der Waals surface area contributed by atoms with Crippen LogP contribution in [0.15, 0.2) is 67.0 Å². The van der Waals surface area contributed by atoms with Gasteiger partial charge in [0, 0.05) is 76.3 Å². The van der Waals surface area contributed by atoms with Crippen LogP contribution in [-0.2, 0) is 34.5 Å². The average Bonchev–Trinajstić information content (AvgIpc) is 3.84. The first-order chi connectivity index (χ1) is 28.4. The zero-order valence-electron chi connectivity index (χ0n) is 33.5. The number of aromatic nitrogens is 4. The van der Waals surface area contributed by atoms with Crippen molar-refractivity contribution in [1.29, 1.82) is 0 Å². The molecular weight excluding hydrogens is 755 g/mol. The number of hydrogen-bond donors (Lipinski definition) is 3. The SMILES string of the molecule is CNC(=O)C1(c2cc(CN3CCC4(CN(Cc5ccc(-c6cccc7c6CCN7c6cc(NC)c7ncc(C(N)=O)n7n6)nc5)C4)C(F)(F)C3)ccc2C)CC(C=O)C1. The summed E-state index contributed by atoms with van der Waals surface area (Å²) in [7, 11) is 3.40. The van der Waals surface area contributed by atoms with Gasteiger partial charge in [0.1, 0.15) is 12.0 Å². The Hall–Kier alpha value is -5.80. The normalized spacial score (nSPS) is 22.1. The molecule has 4 aliphatic rings. The Morgan fingerprint density at radius 2 is 1.73 bits per heavy atom. The molecule has 13 nitrogen and oxygen atoms in total. The van der Waals surface area contributed by atoms with Crippen LogP contribution >= 0.6 is 0 Å². The van der Waals surface area contributed by atoms with Crippen LogP contribution in [0.4, 0.5) is 26.0 Å². The number of benzene rings is 2. The van der Waals surface area contributed by atoms with Crippen LogP contribution in [-0.4, -0.2) is 100 Å². The zero-order chi connectivity index (χ0) is 41.3. The van der Waals surface area contributed by atoms with Gasteiger partial charge in [0.05, 0.1) is 35.0 Å². The molecule has 306 valence electrons. The first-order valence-electron chi connectivity index (χ1n) is 20.2. The van der Waals surface area contributed by atoms with Gasteiger partial charge in [-0.25, -0.2) is 18.3 Å². The summed E-state index contributed by atoms with van der Waals surface area (Å²) in [5, 5.41) is 10.7. The lowest BCUT2D eigenvalue weighted by atomic mass is 9.57. The van der Waals surface area contributed by atoms with E-state index in [0.717, 1.165) is 63.2 Å². The summed E-state index contributed by atoms with van der Waals surface area (Å²) in [6.45, 7) is 4.46. The maximum atomic E-state index is 16.0. The molecule has 1 saturated carbocycles. The van der Waals surface area contributed by atoms with E-state index in [-0.39, 0.29) is 24.1 Å². The molecule has 0 atom stereocenters. The number of nitrogens with zero attached hydrogens (tertiary/aromatic N) is 7. The minimum atomic E-state index is -2.85. The summed E-state index contributed by atoms with van der Waals surface area (Å²) in [6.07, 6.45) is 6.28. The maximum Gasteiger partial charge on any atom is 0.269 e. The van der Waals surface area contributed by atoms with Crippen molar-refractivity contribution in [3.05, 3.63) is 101 Å². The number of aldehydes is 1. The van der Waals surface area contributed by atoms with Gasteiger partial charge >= 0.3 is 0 Å². The summed E-state index contributed by atoms with van der Waals surface area (Å²) in [4.78, 5) is 51.8. The molecule has 15 heteroatoms. The summed E-state index contributed by atoms with van der Waals surface area (Å²) < 4.78 is 33.5. The van der Waals surface area contributed by atoms with Crippen LogP contribution in [0.1, 0.15) is 57.6 Å². The topological polar surface area (TPSA) is 154 Å². The highest BCUT2D eigenvalue weighted by atomic mass is 19.3. The monoisotopic (exact) mass is 802 g/mol. The van der Waals surface area contributed by atoms with Crippen molar-refractivity contribution < 1.29 is 23.2 Å². The summed E-state index contributed by atoms with van der Waals surface area (Å²) in [5.41, 5.74) is 12.9. The van der Waals surface area contributed by atoms with Crippen molar-refractivity contribution in [2.75, 3.05) is 57.0 Å². The number of nitrogens with two attached hydrogens (primary N) is 1. The number of carbonyl (C=O) groups excluding carboxylic acids is 3. The molecule has 2 amide bonds. The Morgan fingerprint density at radius 3 is 2.42 bits per heavy atom. The Kier molecular flexibility index (Phi) is 9.50. The number of amides is 2. The van der Waals surface area contributed by atoms with E-state index in [9.17, 15) is 14.4 Å². The fourth-order valence-corrected chi connectivity index (χ4v) is 10.1. The van der Waals surface area contributed by atoms with Gasteiger partial charge in [-0.05, 0) is 79.1 Å². The maximum absolute atomic E-state index is 16.0. The number of pyridine rings is 1. The lowest BCUT2D eigenvalue weighted by molar-refractivity contribution is -0.227. The number of hydrogen-bond acceptors (Lipinski definition) is 10. The summed E-state index contributed by atoms with van der Waals surface area (Å²) in [6, 6.07) is 18.0. The van der Waals surface area contributed by atoms with E-state index in [1.54, 1.807) is 14.1 Å². The second kappa shape index (κ2) is 14.5. The van der Waals surface area contributed by atoms with Gasteiger partial charge < -0.3 is 26.1 Å². The molecule has 0 bridgehead atoms. The van der Waals surface area contributed by atoms with E-state index in [2.05, 4.69) is 37.6 Å². The van der Waals surface area contributed by atoms with Crippen LogP contribution in [0.3, 0.4) is 0 Å². The average molecular weight is 803 g/mol. The Labute approximate surface area is 341 Å². The van der Waals surface area contributed by atoms with Crippen molar-refractivity contribution in [2.45, 2.75) is 57.0 Å². The van der Waals surface area contributed by atoms with Crippen LogP contribution in [0, 0.1) is 18.3 Å². The molecule has 1 aliphatic carbocycles. The fourth-order valence-electron chi connectivity index (χ4n) is 10.1. The number of aryl methyl sites for hydroxylation is 1. The molecule has 9 rings (SSSR count). The highest BCUT2D eigenvalue weighted by Gasteiger charge is 2.62. The van der Waals surface area contributed by atoms with Crippen LogP contribution < -0.4 is 21.3 Å². The molecular formula is C44H48F2N10O3. The molecule has 3 fully saturated rings. The minimum Gasteiger partial charge on any atom is -0.385 e. The number of primary amides is 1. The van der Waals surface area contributed by atoms with Gasteiger partial charge in [0.25, 0.3) is 11.8 Å².